The molecule has 0 saturated carbocycles. The molecule has 3 N–H and O–H groups in total. The van der Waals surface area contributed by atoms with Crippen molar-refractivity contribution in [3.63, 3.8) is 0 Å². The number of hydrogen-bond donors (Lipinski definition) is 2. The van der Waals surface area contributed by atoms with E-state index in [0.29, 0.717) is 4.47 Å². The van der Waals surface area contributed by atoms with Crippen molar-refractivity contribution < 1.29 is 21.4 Å². The molecule has 0 bridgehead atoms. The molecule has 0 unspecified atom stereocenters. The molecular weight excluding hydrogens is 382 g/mol. The Labute approximate surface area is 130 Å². The smallest absolute Gasteiger partial charge is 0.282 e. The molecule has 0 radical (unpaired) electrons. The van der Waals surface area contributed by atoms with Gasteiger partial charge in [0, 0.05) is 10.0 Å². The number of hydrogen-bond acceptors (Lipinski definition) is 4. The van der Waals surface area contributed by atoms with Gasteiger partial charge in [-0.15, -0.1) is 0 Å². The summed E-state index contributed by atoms with van der Waals surface area (Å²) >= 11 is 3.22. The normalized spacial score (nSPS) is 12.3. The summed E-state index contributed by atoms with van der Waals surface area (Å²) in [6.45, 7) is 0. The minimum absolute atomic E-state index is 0.171. The van der Waals surface area contributed by atoms with E-state index in [9.17, 15) is 21.4 Å². The Morgan fingerprint density at radius 2 is 1.48 bits per heavy atom. The summed E-state index contributed by atoms with van der Waals surface area (Å²) in [5.74, 6) is 0. The lowest BCUT2D eigenvalue weighted by Crippen LogP contribution is -2.15. The predicted molar refractivity (Wildman–Crippen MR) is 80.8 cm³/mol. The topological polar surface area (TPSA) is 115 Å². The molecule has 2 rings (SSSR count). The molecule has 0 aliphatic heterocycles. The highest BCUT2D eigenvalue weighted by Crippen LogP contribution is 2.37. The Bertz CT molecular complexity index is 857. The first-order chi connectivity index (χ1) is 9.62. The van der Waals surface area contributed by atoms with E-state index in [1.54, 1.807) is 18.2 Å². The van der Waals surface area contributed by atoms with Gasteiger partial charge >= 0.3 is 0 Å². The van der Waals surface area contributed by atoms with E-state index >= 15 is 0 Å². The summed E-state index contributed by atoms with van der Waals surface area (Å²) in [7, 11) is -8.80. The molecule has 21 heavy (non-hydrogen) atoms. The zero-order valence-corrected chi connectivity index (χ0v) is 13.6. The largest absolute Gasteiger partial charge is 0.295 e. The van der Waals surface area contributed by atoms with Gasteiger partial charge in [-0.25, -0.2) is 13.6 Å². The van der Waals surface area contributed by atoms with Gasteiger partial charge in [-0.3, -0.25) is 4.55 Å². The maximum atomic E-state index is 11.7. The highest BCUT2D eigenvalue weighted by Gasteiger charge is 2.25. The molecule has 9 heteroatoms. The van der Waals surface area contributed by atoms with E-state index < -0.39 is 25.0 Å². The molecule has 112 valence electrons. The number of primary sulfonamides is 1. The van der Waals surface area contributed by atoms with Crippen molar-refractivity contribution in [2.24, 2.45) is 5.14 Å². The first kappa shape index (κ1) is 16.1. The van der Waals surface area contributed by atoms with E-state index in [4.69, 9.17) is 5.14 Å². The van der Waals surface area contributed by atoms with Gasteiger partial charge in [0.15, 0.2) is 0 Å². The number of rotatable bonds is 3. The van der Waals surface area contributed by atoms with Crippen LogP contribution in [-0.2, 0) is 20.1 Å². The van der Waals surface area contributed by atoms with Crippen LogP contribution in [0.25, 0.3) is 11.1 Å². The predicted octanol–water partition coefficient (Wildman–Crippen LogP) is 2.01. The van der Waals surface area contributed by atoms with Crippen LogP contribution in [-0.4, -0.2) is 21.4 Å². The summed E-state index contributed by atoms with van der Waals surface area (Å²) in [6.07, 6.45) is 0. The third-order valence-corrected chi connectivity index (χ3v) is 5.26. The molecule has 0 aromatic heterocycles. The number of sulfonamides is 1. The monoisotopic (exact) mass is 391 g/mol. The molecule has 6 nitrogen and oxygen atoms in total. The van der Waals surface area contributed by atoms with Crippen LogP contribution in [0.5, 0.6) is 0 Å². The summed E-state index contributed by atoms with van der Waals surface area (Å²) in [4.78, 5) is -0.912. The van der Waals surface area contributed by atoms with Crippen LogP contribution in [0.3, 0.4) is 0 Å². The fourth-order valence-corrected chi connectivity index (χ4v) is 3.94. The Kier molecular flexibility index (Phi) is 4.22. The molecule has 2 aromatic rings. The van der Waals surface area contributed by atoms with E-state index in [-0.39, 0.29) is 16.0 Å². The minimum atomic E-state index is -4.62. The minimum Gasteiger partial charge on any atom is -0.282 e. The first-order valence-corrected chi connectivity index (χ1v) is 9.28. The molecule has 0 aliphatic carbocycles. The molecule has 0 fully saturated rings. The molecule has 0 spiro atoms. The van der Waals surface area contributed by atoms with Gasteiger partial charge in [-0.1, -0.05) is 40.2 Å². The van der Waals surface area contributed by atoms with Crippen molar-refractivity contribution in [1.29, 1.82) is 0 Å². The molecule has 0 saturated heterocycles. The van der Waals surface area contributed by atoms with Gasteiger partial charge < -0.3 is 0 Å². The third kappa shape index (κ3) is 3.33. The fourth-order valence-electron chi connectivity index (χ4n) is 1.89. The molecule has 0 heterocycles. The first-order valence-electron chi connectivity index (χ1n) is 5.50. The van der Waals surface area contributed by atoms with Gasteiger partial charge in [0.2, 0.25) is 10.0 Å². The van der Waals surface area contributed by atoms with Crippen LogP contribution >= 0.6 is 15.9 Å². The van der Waals surface area contributed by atoms with Crippen molar-refractivity contribution in [3.05, 3.63) is 46.9 Å². The van der Waals surface area contributed by atoms with Crippen LogP contribution in [0.1, 0.15) is 0 Å². The number of nitrogens with two attached hydrogens (primary N) is 1. The van der Waals surface area contributed by atoms with Gasteiger partial charge in [0.25, 0.3) is 10.1 Å². The zero-order valence-electron chi connectivity index (χ0n) is 10.4. The lowest BCUT2D eigenvalue weighted by atomic mass is 10.1. The summed E-state index contributed by atoms with van der Waals surface area (Å²) < 4.78 is 56.2. The van der Waals surface area contributed by atoms with E-state index in [1.807, 2.05) is 0 Å². The summed E-state index contributed by atoms with van der Waals surface area (Å²) in [5.41, 5.74) is 0.115. The zero-order chi connectivity index (χ0) is 15.8. The van der Waals surface area contributed by atoms with Gasteiger partial charge in [-0.05, 0) is 23.8 Å². The average molecular weight is 392 g/mol. The van der Waals surface area contributed by atoms with Crippen LogP contribution < -0.4 is 5.14 Å². The highest BCUT2D eigenvalue weighted by molar-refractivity contribution is 9.10. The van der Waals surface area contributed by atoms with Crippen LogP contribution in [0.2, 0.25) is 0 Å². The van der Waals surface area contributed by atoms with Crippen LogP contribution in [0, 0.1) is 0 Å². The van der Waals surface area contributed by atoms with Crippen molar-refractivity contribution >= 4 is 36.1 Å². The van der Waals surface area contributed by atoms with Crippen molar-refractivity contribution in [2.45, 2.75) is 9.79 Å². The average Bonchev–Trinajstić information content (AvgIpc) is 2.36. The molecule has 0 amide bonds. The summed E-state index contributed by atoms with van der Waals surface area (Å²) in [6, 6.07) is 9.90. The third-order valence-electron chi connectivity index (χ3n) is 2.72. The quantitative estimate of drug-likeness (QED) is 0.776. The van der Waals surface area contributed by atoms with Crippen LogP contribution in [0.4, 0.5) is 0 Å². The van der Waals surface area contributed by atoms with Gasteiger partial charge in [0.1, 0.15) is 4.90 Å². The van der Waals surface area contributed by atoms with Crippen molar-refractivity contribution in [3.8, 4) is 11.1 Å². The second kappa shape index (κ2) is 5.50. The maximum Gasteiger partial charge on any atom is 0.295 e. The molecule has 2 aromatic carbocycles. The Balaban J connectivity index is 3.01. The lowest BCUT2D eigenvalue weighted by molar-refractivity contribution is 0.483. The number of benzene rings is 2. The summed E-state index contributed by atoms with van der Waals surface area (Å²) in [5, 5.41) is 5.14. The van der Waals surface area contributed by atoms with Crippen molar-refractivity contribution in [1.82, 2.24) is 0 Å². The van der Waals surface area contributed by atoms with Crippen molar-refractivity contribution in [2.75, 3.05) is 0 Å². The van der Waals surface area contributed by atoms with Crippen LogP contribution in [0.15, 0.2) is 56.7 Å². The van der Waals surface area contributed by atoms with Gasteiger partial charge in [0.05, 0.1) is 4.90 Å². The second-order valence-corrected chi connectivity index (χ2v) is 7.90. The Morgan fingerprint density at radius 3 is 2.00 bits per heavy atom. The second-order valence-electron chi connectivity index (χ2n) is 4.13. The van der Waals surface area contributed by atoms with E-state index in [0.717, 1.165) is 6.07 Å². The highest BCUT2D eigenvalue weighted by atomic mass is 79.9. The Morgan fingerprint density at radius 1 is 0.905 bits per heavy atom. The van der Waals surface area contributed by atoms with Gasteiger partial charge in [-0.2, -0.15) is 8.42 Å². The molecular formula is C12H10BrNO5S2. The lowest BCUT2D eigenvalue weighted by Gasteiger charge is -2.13. The number of halogens is 1. The molecule has 0 aliphatic rings. The Hall–Kier alpha value is -1.26. The van der Waals surface area contributed by atoms with E-state index in [1.165, 1.54) is 18.2 Å². The fraction of sp³-hybridized carbons (Fsp3) is 0. The maximum absolute atomic E-state index is 11.7. The molecule has 0 atom stereocenters. The van der Waals surface area contributed by atoms with E-state index in [2.05, 4.69) is 15.9 Å². The standard InChI is InChI=1S/C12H10BrNO5S2/c13-9-5-2-1-4-8(9)12-10(20(14,15)16)6-3-7-11(12)21(17,18)19/h1-7H,(H2,14,15,16)(H,17,18,19). The SMILES string of the molecule is NS(=O)(=O)c1cccc(S(=O)(=O)O)c1-c1ccccc1Br.